The number of benzene rings is 1. The van der Waals surface area contributed by atoms with E-state index in [0.717, 1.165) is 25.2 Å². The molecule has 0 saturated carbocycles. The van der Waals surface area contributed by atoms with Crippen LogP contribution < -0.4 is 5.73 Å². The fraction of sp³-hybridized carbons (Fsp3) is 0.400. The molecule has 3 nitrogen and oxygen atoms in total. The Balaban J connectivity index is 0.00000441. The molecule has 7 heteroatoms. The molecule has 1 rings (SSSR count). The summed E-state index contributed by atoms with van der Waals surface area (Å²) in [6.07, 6.45) is -4.32. The summed E-state index contributed by atoms with van der Waals surface area (Å²) in [5, 5.41) is 0. The molecule has 22 heavy (non-hydrogen) atoms. The van der Waals surface area contributed by atoms with Gasteiger partial charge in [0.1, 0.15) is 6.54 Å². The Morgan fingerprint density at radius 2 is 1.73 bits per heavy atom. The number of guanidine groups is 1. The van der Waals surface area contributed by atoms with Crippen molar-refractivity contribution >= 4 is 29.9 Å². The highest BCUT2D eigenvalue weighted by Gasteiger charge is 2.29. The molecule has 1 aromatic carbocycles. The second-order valence-electron chi connectivity index (χ2n) is 4.22. The van der Waals surface area contributed by atoms with Crippen LogP contribution in [-0.4, -0.2) is 30.5 Å². The molecule has 0 amide bonds. The molecule has 0 aromatic heterocycles. The van der Waals surface area contributed by atoms with Crippen molar-refractivity contribution in [3.8, 4) is 11.8 Å². The van der Waals surface area contributed by atoms with E-state index in [2.05, 4.69) is 16.8 Å². The lowest BCUT2D eigenvalue weighted by Crippen LogP contribution is -2.37. The standard InChI is InChI=1S/C15H18F3N3.HI/c1-3-21(4-2)14(19)20-11-5-6-12-7-9-13(10-8-12)15(16,17)18;/h7-10H,3-4,11H2,1-2H3,(H2,19,20);1H. The average molecular weight is 425 g/mol. The van der Waals surface area contributed by atoms with E-state index in [4.69, 9.17) is 5.73 Å². The van der Waals surface area contributed by atoms with Gasteiger partial charge in [0, 0.05) is 18.7 Å². The summed E-state index contributed by atoms with van der Waals surface area (Å²) in [5.41, 5.74) is 5.60. The third kappa shape index (κ3) is 6.56. The quantitative estimate of drug-likeness (QED) is 0.350. The molecule has 122 valence electrons. The highest BCUT2D eigenvalue weighted by atomic mass is 127. The van der Waals surface area contributed by atoms with Gasteiger partial charge in [0.05, 0.1) is 5.56 Å². The molecular formula is C15H19F3IN3. The molecule has 0 aliphatic rings. The number of nitrogens with zero attached hydrogens (tertiary/aromatic N) is 2. The van der Waals surface area contributed by atoms with Gasteiger partial charge in [0.15, 0.2) is 5.96 Å². The molecular weight excluding hydrogens is 406 g/mol. The fourth-order valence-electron chi connectivity index (χ4n) is 1.65. The molecule has 0 aliphatic carbocycles. The van der Waals surface area contributed by atoms with Crippen LogP contribution >= 0.6 is 24.0 Å². The minimum absolute atomic E-state index is 0. The van der Waals surface area contributed by atoms with Gasteiger partial charge < -0.3 is 10.6 Å². The van der Waals surface area contributed by atoms with Crippen LogP contribution in [0, 0.1) is 11.8 Å². The van der Waals surface area contributed by atoms with Crippen molar-refractivity contribution in [2.75, 3.05) is 19.6 Å². The minimum Gasteiger partial charge on any atom is -0.370 e. The zero-order valence-electron chi connectivity index (χ0n) is 12.4. The van der Waals surface area contributed by atoms with Gasteiger partial charge in [-0.25, -0.2) is 4.99 Å². The molecule has 0 aliphatic heterocycles. The highest BCUT2D eigenvalue weighted by Crippen LogP contribution is 2.28. The van der Waals surface area contributed by atoms with Gasteiger partial charge in [-0.3, -0.25) is 0 Å². The third-order valence-electron chi connectivity index (χ3n) is 2.85. The number of halogens is 4. The SMILES string of the molecule is CCN(CC)C(N)=NCC#Cc1ccc(C(F)(F)F)cc1.I. The zero-order valence-corrected chi connectivity index (χ0v) is 14.8. The van der Waals surface area contributed by atoms with Crippen LogP contribution in [0.3, 0.4) is 0 Å². The highest BCUT2D eigenvalue weighted by molar-refractivity contribution is 14.0. The van der Waals surface area contributed by atoms with Crippen LogP contribution in [0.2, 0.25) is 0 Å². The first kappa shape index (κ1) is 20.6. The van der Waals surface area contributed by atoms with Crippen molar-refractivity contribution in [1.82, 2.24) is 4.90 Å². The maximum Gasteiger partial charge on any atom is 0.416 e. The largest absolute Gasteiger partial charge is 0.416 e. The number of nitrogens with two attached hydrogens (primary N) is 1. The summed E-state index contributed by atoms with van der Waals surface area (Å²) in [7, 11) is 0. The molecule has 0 radical (unpaired) electrons. The smallest absolute Gasteiger partial charge is 0.370 e. The number of aliphatic imine (C=N–C) groups is 1. The third-order valence-corrected chi connectivity index (χ3v) is 2.85. The first-order valence-electron chi connectivity index (χ1n) is 6.59. The van der Waals surface area contributed by atoms with Crippen LogP contribution in [0.4, 0.5) is 13.2 Å². The number of hydrogen-bond acceptors (Lipinski definition) is 1. The first-order chi connectivity index (χ1) is 9.88. The number of rotatable bonds is 3. The molecule has 0 atom stereocenters. The summed E-state index contributed by atoms with van der Waals surface area (Å²) in [5.74, 6) is 5.94. The summed E-state index contributed by atoms with van der Waals surface area (Å²) < 4.78 is 37.2. The molecule has 0 fully saturated rings. The van der Waals surface area contributed by atoms with E-state index in [0.29, 0.717) is 11.5 Å². The maximum atomic E-state index is 12.4. The second-order valence-corrected chi connectivity index (χ2v) is 4.22. The average Bonchev–Trinajstić information content (AvgIpc) is 2.44. The van der Waals surface area contributed by atoms with E-state index in [1.165, 1.54) is 12.1 Å². The summed E-state index contributed by atoms with van der Waals surface area (Å²) in [6.45, 7) is 5.68. The Labute approximate surface area is 145 Å². The van der Waals surface area contributed by atoms with E-state index in [1.54, 1.807) is 0 Å². The summed E-state index contributed by atoms with van der Waals surface area (Å²) in [4.78, 5) is 5.99. The van der Waals surface area contributed by atoms with Crippen LogP contribution in [0.5, 0.6) is 0 Å². The molecule has 0 spiro atoms. The van der Waals surface area contributed by atoms with Gasteiger partial charge in [-0.1, -0.05) is 11.8 Å². The Kier molecular flexibility index (Phi) is 8.94. The molecule has 0 heterocycles. The lowest BCUT2D eigenvalue weighted by Gasteiger charge is -2.18. The van der Waals surface area contributed by atoms with Crippen LogP contribution in [0.1, 0.15) is 25.0 Å². The number of alkyl halides is 3. The van der Waals surface area contributed by atoms with Crippen LogP contribution in [0.15, 0.2) is 29.3 Å². The van der Waals surface area contributed by atoms with Crippen LogP contribution in [-0.2, 0) is 6.18 Å². The van der Waals surface area contributed by atoms with E-state index in [1.807, 2.05) is 18.7 Å². The van der Waals surface area contributed by atoms with Crippen molar-refractivity contribution in [2.24, 2.45) is 10.7 Å². The van der Waals surface area contributed by atoms with Crippen LogP contribution in [0.25, 0.3) is 0 Å². The summed E-state index contributed by atoms with van der Waals surface area (Å²) >= 11 is 0. The van der Waals surface area contributed by atoms with Gasteiger partial charge in [0.25, 0.3) is 0 Å². The molecule has 2 N–H and O–H groups in total. The monoisotopic (exact) mass is 425 g/mol. The van der Waals surface area contributed by atoms with Gasteiger partial charge in [0.2, 0.25) is 0 Å². The lowest BCUT2D eigenvalue weighted by molar-refractivity contribution is -0.137. The lowest BCUT2D eigenvalue weighted by atomic mass is 10.1. The molecule has 0 unspecified atom stereocenters. The van der Waals surface area contributed by atoms with Crippen molar-refractivity contribution in [3.05, 3.63) is 35.4 Å². The topological polar surface area (TPSA) is 41.6 Å². The Morgan fingerprint density at radius 3 is 2.18 bits per heavy atom. The van der Waals surface area contributed by atoms with E-state index in [-0.39, 0.29) is 30.5 Å². The minimum atomic E-state index is -4.32. The summed E-state index contributed by atoms with van der Waals surface area (Å²) in [6, 6.07) is 4.70. The molecule has 0 saturated heterocycles. The Morgan fingerprint density at radius 1 is 1.18 bits per heavy atom. The predicted octanol–water partition coefficient (Wildman–Crippen LogP) is 3.33. The Bertz CT molecular complexity index is 538. The van der Waals surface area contributed by atoms with E-state index < -0.39 is 11.7 Å². The fourth-order valence-corrected chi connectivity index (χ4v) is 1.65. The van der Waals surface area contributed by atoms with Gasteiger partial charge >= 0.3 is 6.18 Å². The zero-order chi connectivity index (χ0) is 15.9. The van der Waals surface area contributed by atoms with E-state index in [9.17, 15) is 13.2 Å². The van der Waals surface area contributed by atoms with Gasteiger partial charge in [-0.15, -0.1) is 24.0 Å². The second kappa shape index (κ2) is 9.56. The number of hydrogen-bond donors (Lipinski definition) is 1. The maximum absolute atomic E-state index is 12.4. The Hall–Kier alpha value is -1.43. The van der Waals surface area contributed by atoms with E-state index >= 15 is 0 Å². The molecule has 0 bridgehead atoms. The first-order valence-corrected chi connectivity index (χ1v) is 6.59. The normalized spacial score (nSPS) is 11.2. The molecule has 1 aromatic rings. The predicted molar refractivity (Wildman–Crippen MR) is 93.1 cm³/mol. The van der Waals surface area contributed by atoms with Gasteiger partial charge in [-0.2, -0.15) is 13.2 Å². The van der Waals surface area contributed by atoms with Crippen molar-refractivity contribution in [1.29, 1.82) is 0 Å². The van der Waals surface area contributed by atoms with Gasteiger partial charge in [-0.05, 0) is 38.1 Å². The van der Waals surface area contributed by atoms with Crippen molar-refractivity contribution in [2.45, 2.75) is 20.0 Å². The van der Waals surface area contributed by atoms with Crippen molar-refractivity contribution < 1.29 is 13.2 Å². The van der Waals surface area contributed by atoms with Crippen molar-refractivity contribution in [3.63, 3.8) is 0 Å².